The average Bonchev–Trinajstić information content (AvgIpc) is 2.84. The first-order valence-electron chi connectivity index (χ1n) is 15.2. The predicted molar refractivity (Wildman–Crippen MR) is 147 cm³/mol. The summed E-state index contributed by atoms with van der Waals surface area (Å²) < 4.78 is 0. The normalized spacial score (nSPS) is 13.2. The van der Waals surface area contributed by atoms with Crippen LogP contribution in [0.5, 0.6) is 0 Å². The maximum atomic E-state index is 12.1. The van der Waals surface area contributed by atoms with Crippen molar-refractivity contribution < 1.29 is 15.0 Å². The lowest BCUT2D eigenvalue weighted by Gasteiger charge is -2.22. The Bertz CT molecular complexity index is 416. The molecule has 2 atom stereocenters. The molecule has 0 bridgehead atoms. The van der Waals surface area contributed by atoms with E-state index in [0.29, 0.717) is 12.8 Å². The second-order valence-electron chi connectivity index (χ2n) is 10.5. The third-order valence-corrected chi connectivity index (χ3v) is 7.12. The molecule has 0 aliphatic carbocycles. The maximum absolute atomic E-state index is 12.1. The Morgan fingerprint density at radius 1 is 0.588 bits per heavy atom. The topological polar surface area (TPSA) is 69.6 Å². The van der Waals surface area contributed by atoms with Crippen LogP contribution in [0.3, 0.4) is 0 Å². The fourth-order valence-electron chi connectivity index (χ4n) is 4.71. The van der Waals surface area contributed by atoms with Gasteiger partial charge in [0.25, 0.3) is 0 Å². The number of nitrogens with one attached hydrogen (secondary N) is 1. The highest BCUT2D eigenvalue weighted by Crippen LogP contribution is 2.15. The Labute approximate surface area is 213 Å². The van der Waals surface area contributed by atoms with Crippen molar-refractivity contribution in [1.82, 2.24) is 5.32 Å². The molecular formula is C30H61NO3. The van der Waals surface area contributed by atoms with Crippen LogP contribution >= 0.6 is 0 Å². The molecule has 34 heavy (non-hydrogen) atoms. The minimum atomic E-state index is -0.648. The van der Waals surface area contributed by atoms with Gasteiger partial charge in [0.15, 0.2) is 0 Å². The highest BCUT2D eigenvalue weighted by atomic mass is 16.3. The fourth-order valence-corrected chi connectivity index (χ4v) is 4.71. The van der Waals surface area contributed by atoms with Crippen LogP contribution in [0.15, 0.2) is 0 Å². The number of carbonyl (C=O) groups is 1. The molecule has 0 fully saturated rings. The monoisotopic (exact) mass is 483 g/mol. The molecule has 0 radical (unpaired) electrons. The van der Waals surface area contributed by atoms with Crippen molar-refractivity contribution in [2.75, 3.05) is 6.61 Å². The minimum absolute atomic E-state index is 0.0411. The molecule has 0 spiro atoms. The van der Waals surface area contributed by atoms with Gasteiger partial charge in [-0.15, -0.1) is 0 Å². The van der Waals surface area contributed by atoms with Gasteiger partial charge in [-0.05, 0) is 12.8 Å². The molecule has 0 aromatic carbocycles. The highest BCUT2D eigenvalue weighted by Gasteiger charge is 2.19. The van der Waals surface area contributed by atoms with Gasteiger partial charge >= 0.3 is 0 Å². The molecule has 0 aliphatic rings. The lowest BCUT2D eigenvalue weighted by Crippen LogP contribution is -2.45. The molecule has 2 unspecified atom stereocenters. The number of hydrogen-bond donors (Lipinski definition) is 3. The number of aliphatic hydroxyl groups is 2. The zero-order valence-electron chi connectivity index (χ0n) is 23.1. The SMILES string of the molecule is CCCCCCCCCCCCCCCCCCCCCC(=O)NC(CO)C(O)CCCCC. The van der Waals surface area contributed by atoms with Crippen LogP contribution in [0.4, 0.5) is 0 Å². The number of unbranched alkanes of at least 4 members (excludes halogenated alkanes) is 20. The van der Waals surface area contributed by atoms with E-state index in [1.165, 1.54) is 109 Å². The van der Waals surface area contributed by atoms with Crippen LogP contribution in [0, 0.1) is 0 Å². The first-order valence-corrected chi connectivity index (χ1v) is 15.2. The molecule has 0 saturated carbocycles. The fraction of sp³-hybridized carbons (Fsp3) is 0.967. The maximum Gasteiger partial charge on any atom is 0.220 e. The van der Waals surface area contributed by atoms with E-state index in [1.807, 2.05) is 0 Å². The van der Waals surface area contributed by atoms with Crippen LogP contribution in [0.25, 0.3) is 0 Å². The minimum Gasteiger partial charge on any atom is -0.394 e. The number of carbonyl (C=O) groups excluding carboxylic acids is 1. The summed E-state index contributed by atoms with van der Waals surface area (Å²) in [6, 6.07) is -0.523. The first kappa shape index (κ1) is 33.4. The van der Waals surface area contributed by atoms with Crippen molar-refractivity contribution in [3.05, 3.63) is 0 Å². The van der Waals surface area contributed by atoms with E-state index in [4.69, 9.17) is 0 Å². The van der Waals surface area contributed by atoms with Gasteiger partial charge in [-0.1, -0.05) is 149 Å². The third kappa shape index (κ3) is 23.1. The van der Waals surface area contributed by atoms with Gasteiger partial charge in [0, 0.05) is 6.42 Å². The van der Waals surface area contributed by atoms with Crippen molar-refractivity contribution >= 4 is 5.91 Å². The molecule has 4 nitrogen and oxygen atoms in total. The summed E-state index contributed by atoms with van der Waals surface area (Å²) in [6.45, 7) is 4.21. The Morgan fingerprint density at radius 2 is 0.941 bits per heavy atom. The third-order valence-electron chi connectivity index (χ3n) is 7.12. The summed E-state index contributed by atoms with van der Waals surface area (Å²) in [5.41, 5.74) is 0. The summed E-state index contributed by atoms with van der Waals surface area (Å²) in [5, 5.41) is 22.4. The van der Waals surface area contributed by atoms with Gasteiger partial charge in [0.05, 0.1) is 18.8 Å². The lowest BCUT2D eigenvalue weighted by atomic mass is 10.0. The predicted octanol–water partition coefficient (Wildman–Crippen LogP) is 8.23. The molecule has 0 aliphatic heterocycles. The largest absolute Gasteiger partial charge is 0.394 e. The molecule has 4 heteroatoms. The van der Waals surface area contributed by atoms with E-state index in [-0.39, 0.29) is 12.5 Å². The molecule has 1 amide bonds. The zero-order valence-corrected chi connectivity index (χ0v) is 23.1. The van der Waals surface area contributed by atoms with Crippen LogP contribution in [-0.4, -0.2) is 34.9 Å². The molecule has 204 valence electrons. The molecule has 0 heterocycles. The molecule has 3 N–H and O–H groups in total. The molecular weight excluding hydrogens is 422 g/mol. The van der Waals surface area contributed by atoms with E-state index in [1.54, 1.807) is 0 Å². The van der Waals surface area contributed by atoms with Crippen molar-refractivity contribution in [2.24, 2.45) is 0 Å². The quantitative estimate of drug-likeness (QED) is 0.103. The standard InChI is InChI=1S/C30H61NO3/c1-3-5-7-8-9-10-11-12-13-14-15-16-17-18-19-20-21-22-24-26-30(34)31-28(27-32)29(33)25-23-6-4-2/h28-29,32-33H,3-27H2,1-2H3,(H,31,34). The van der Waals surface area contributed by atoms with Gasteiger partial charge in [-0.2, -0.15) is 0 Å². The lowest BCUT2D eigenvalue weighted by molar-refractivity contribution is -0.123. The first-order chi connectivity index (χ1) is 16.7. The van der Waals surface area contributed by atoms with E-state index < -0.39 is 12.1 Å². The number of amides is 1. The zero-order chi connectivity index (χ0) is 25.1. The summed E-state index contributed by atoms with van der Waals surface area (Å²) >= 11 is 0. The molecule has 0 aromatic heterocycles. The van der Waals surface area contributed by atoms with E-state index in [9.17, 15) is 15.0 Å². The number of aliphatic hydroxyl groups excluding tert-OH is 2. The summed E-state index contributed by atoms with van der Waals surface area (Å²) in [5.74, 6) is -0.0411. The van der Waals surface area contributed by atoms with Crippen LogP contribution in [0.1, 0.15) is 168 Å². The van der Waals surface area contributed by atoms with Gasteiger partial charge in [-0.3, -0.25) is 4.79 Å². The Kier molecular flexibility index (Phi) is 26.5. The van der Waals surface area contributed by atoms with E-state index in [0.717, 1.165) is 32.1 Å². The van der Waals surface area contributed by atoms with Gasteiger partial charge in [0.1, 0.15) is 0 Å². The van der Waals surface area contributed by atoms with Crippen LogP contribution < -0.4 is 5.32 Å². The van der Waals surface area contributed by atoms with Crippen LogP contribution in [-0.2, 0) is 4.79 Å². The Hall–Kier alpha value is -0.610. The molecule has 0 rings (SSSR count). The average molecular weight is 484 g/mol. The highest BCUT2D eigenvalue weighted by molar-refractivity contribution is 5.76. The van der Waals surface area contributed by atoms with Crippen molar-refractivity contribution in [2.45, 2.75) is 180 Å². The smallest absolute Gasteiger partial charge is 0.220 e. The summed E-state index contributed by atoms with van der Waals surface area (Å²) in [7, 11) is 0. The van der Waals surface area contributed by atoms with Crippen molar-refractivity contribution in [3.63, 3.8) is 0 Å². The van der Waals surface area contributed by atoms with Crippen LogP contribution in [0.2, 0.25) is 0 Å². The van der Waals surface area contributed by atoms with E-state index >= 15 is 0 Å². The number of hydrogen-bond acceptors (Lipinski definition) is 3. The molecule has 0 saturated heterocycles. The van der Waals surface area contributed by atoms with Gasteiger partial charge < -0.3 is 15.5 Å². The Morgan fingerprint density at radius 3 is 1.32 bits per heavy atom. The van der Waals surface area contributed by atoms with Gasteiger partial charge in [0.2, 0.25) is 5.91 Å². The second kappa shape index (κ2) is 27.0. The number of rotatable bonds is 27. The van der Waals surface area contributed by atoms with Gasteiger partial charge in [-0.25, -0.2) is 0 Å². The Balaban J connectivity index is 3.37. The second-order valence-corrected chi connectivity index (χ2v) is 10.5. The van der Waals surface area contributed by atoms with Crippen molar-refractivity contribution in [1.29, 1.82) is 0 Å². The summed E-state index contributed by atoms with van der Waals surface area (Å²) in [6.07, 6.45) is 29.2. The summed E-state index contributed by atoms with van der Waals surface area (Å²) in [4.78, 5) is 12.1. The van der Waals surface area contributed by atoms with Crippen molar-refractivity contribution in [3.8, 4) is 0 Å². The van der Waals surface area contributed by atoms with E-state index in [2.05, 4.69) is 19.2 Å². The molecule has 0 aromatic rings.